The quantitative estimate of drug-likeness (QED) is 0.817. The maximum atomic E-state index is 12.0. The Labute approximate surface area is 109 Å². The first-order valence-corrected chi connectivity index (χ1v) is 6.53. The first kappa shape index (κ1) is 14.8. The summed E-state index contributed by atoms with van der Waals surface area (Å²) < 4.78 is 5.48. The molecule has 18 heavy (non-hydrogen) atoms. The Kier molecular flexibility index (Phi) is 5.41. The molecule has 0 aliphatic heterocycles. The van der Waals surface area contributed by atoms with Gasteiger partial charge in [0.15, 0.2) is 0 Å². The molecule has 0 saturated heterocycles. The molecule has 1 aromatic rings. The van der Waals surface area contributed by atoms with Crippen molar-refractivity contribution in [3.63, 3.8) is 0 Å². The Balaban J connectivity index is 2.56. The van der Waals surface area contributed by atoms with E-state index in [0.29, 0.717) is 6.54 Å². The van der Waals surface area contributed by atoms with E-state index in [2.05, 4.69) is 10.6 Å². The molecule has 4 nitrogen and oxygen atoms in total. The minimum atomic E-state index is -0.0271. The Bertz CT molecular complexity index is 398. The van der Waals surface area contributed by atoms with Crippen molar-refractivity contribution in [2.45, 2.75) is 40.7 Å². The second-order valence-electron chi connectivity index (χ2n) is 4.81. The summed E-state index contributed by atoms with van der Waals surface area (Å²) in [6.45, 7) is 11.4. The summed E-state index contributed by atoms with van der Waals surface area (Å²) in [5.41, 5.74) is 1.05. The molecular weight excluding hydrogens is 228 g/mol. The molecule has 0 aliphatic carbocycles. The number of furan rings is 1. The zero-order chi connectivity index (χ0) is 13.7. The molecule has 1 aromatic heterocycles. The number of carbonyl (C=O) groups excluding carboxylic acids is 1. The largest absolute Gasteiger partial charge is 0.466 e. The van der Waals surface area contributed by atoms with E-state index in [1.807, 2.05) is 40.7 Å². The van der Waals surface area contributed by atoms with Gasteiger partial charge in [-0.3, -0.25) is 4.79 Å². The molecule has 1 amide bonds. The van der Waals surface area contributed by atoms with Gasteiger partial charge in [0.1, 0.15) is 11.5 Å². The normalized spacial score (nSPS) is 14.3. The molecule has 2 unspecified atom stereocenters. The van der Waals surface area contributed by atoms with Crippen molar-refractivity contribution in [1.82, 2.24) is 10.6 Å². The van der Waals surface area contributed by atoms with Crippen molar-refractivity contribution < 1.29 is 9.21 Å². The van der Waals surface area contributed by atoms with Crippen LogP contribution in [0, 0.1) is 19.8 Å². The van der Waals surface area contributed by atoms with Gasteiger partial charge in [0, 0.05) is 18.0 Å². The molecule has 2 N–H and O–H groups in total. The van der Waals surface area contributed by atoms with Crippen molar-refractivity contribution in [2.24, 2.45) is 5.92 Å². The summed E-state index contributed by atoms with van der Waals surface area (Å²) in [6.07, 6.45) is 0. The minimum absolute atomic E-state index is 0.0148. The highest BCUT2D eigenvalue weighted by atomic mass is 16.3. The van der Waals surface area contributed by atoms with E-state index in [1.54, 1.807) is 0 Å². The topological polar surface area (TPSA) is 54.3 Å². The summed E-state index contributed by atoms with van der Waals surface area (Å²) >= 11 is 0. The number of nitrogens with one attached hydrogen (secondary N) is 2. The van der Waals surface area contributed by atoms with Gasteiger partial charge in [0.2, 0.25) is 5.91 Å². The Hall–Kier alpha value is -1.29. The zero-order valence-electron chi connectivity index (χ0n) is 12.0. The number of carbonyl (C=O) groups is 1. The Morgan fingerprint density at radius 3 is 2.56 bits per heavy atom. The number of rotatable bonds is 6. The summed E-state index contributed by atoms with van der Waals surface area (Å²) in [7, 11) is 0. The van der Waals surface area contributed by atoms with Gasteiger partial charge < -0.3 is 15.1 Å². The lowest BCUT2D eigenvalue weighted by Crippen LogP contribution is -2.36. The van der Waals surface area contributed by atoms with Crippen LogP contribution in [0.4, 0.5) is 0 Å². The summed E-state index contributed by atoms with van der Waals surface area (Å²) in [5, 5.41) is 6.20. The summed E-state index contributed by atoms with van der Waals surface area (Å²) in [5.74, 6) is 1.80. The highest BCUT2D eigenvalue weighted by Crippen LogP contribution is 2.21. The van der Waals surface area contributed by atoms with Gasteiger partial charge in [-0.2, -0.15) is 0 Å². The van der Waals surface area contributed by atoms with Crippen molar-refractivity contribution >= 4 is 5.91 Å². The van der Waals surface area contributed by atoms with Gasteiger partial charge in [0.25, 0.3) is 0 Å². The Morgan fingerprint density at radius 1 is 1.39 bits per heavy atom. The second kappa shape index (κ2) is 6.59. The molecule has 2 atom stereocenters. The zero-order valence-corrected chi connectivity index (χ0v) is 12.0. The lowest BCUT2D eigenvalue weighted by Gasteiger charge is -2.17. The van der Waals surface area contributed by atoms with E-state index in [-0.39, 0.29) is 17.9 Å². The van der Waals surface area contributed by atoms with Gasteiger partial charge in [0.05, 0.1) is 6.04 Å². The standard InChI is InChI=1S/C14H24N2O2/c1-6-15-8-9(2)14(17)16-11(4)13-7-10(3)18-12(13)5/h7,9,11,15H,6,8H2,1-5H3,(H,16,17). The van der Waals surface area contributed by atoms with E-state index >= 15 is 0 Å². The fourth-order valence-corrected chi connectivity index (χ4v) is 1.97. The third-order valence-corrected chi connectivity index (χ3v) is 3.05. The van der Waals surface area contributed by atoms with Gasteiger partial charge in [-0.15, -0.1) is 0 Å². The van der Waals surface area contributed by atoms with Crippen LogP contribution in [0.2, 0.25) is 0 Å². The average molecular weight is 252 g/mol. The minimum Gasteiger partial charge on any atom is -0.466 e. The van der Waals surface area contributed by atoms with E-state index in [4.69, 9.17) is 4.42 Å². The molecule has 0 aliphatic rings. The Morgan fingerprint density at radius 2 is 2.06 bits per heavy atom. The first-order valence-electron chi connectivity index (χ1n) is 6.53. The monoisotopic (exact) mass is 252 g/mol. The third kappa shape index (κ3) is 3.88. The molecular formula is C14H24N2O2. The lowest BCUT2D eigenvalue weighted by atomic mass is 10.1. The summed E-state index contributed by atoms with van der Waals surface area (Å²) in [6, 6.07) is 1.97. The van der Waals surface area contributed by atoms with Crippen molar-refractivity contribution in [2.75, 3.05) is 13.1 Å². The van der Waals surface area contributed by atoms with E-state index in [1.165, 1.54) is 0 Å². The fraction of sp³-hybridized carbons (Fsp3) is 0.643. The van der Waals surface area contributed by atoms with Crippen LogP contribution in [0.15, 0.2) is 10.5 Å². The second-order valence-corrected chi connectivity index (χ2v) is 4.81. The van der Waals surface area contributed by atoms with Gasteiger partial charge in [-0.05, 0) is 33.4 Å². The molecule has 0 spiro atoms. The first-order chi connectivity index (χ1) is 8.45. The molecule has 1 rings (SSSR count). The molecule has 102 valence electrons. The van der Waals surface area contributed by atoms with E-state index in [0.717, 1.165) is 23.6 Å². The molecule has 0 aromatic carbocycles. The molecule has 0 bridgehead atoms. The predicted octanol–water partition coefficient (Wildman–Crippen LogP) is 2.32. The molecule has 4 heteroatoms. The van der Waals surface area contributed by atoms with Crippen LogP contribution >= 0.6 is 0 Å². The van der Waals surface area contributed by atoms with Gasteiger partial charge in [-0.25, -0.2) is 0 Å². The third-order valence-electron chi connectivity index (χ3n) is 3.05. The van der Waals surface area contributed by atoms with Crippen LogP contribution in [0.3, 0.4) is 0 Å². The number of aryl methyl sites for hydroxylation is 2. The van der Waals surface area contributed by atoms with Crippen LogP contribution in [0.1, 0.15) is 43.9 Å². The van der Waals surface area contributed by atoms with Crippen molar-refractivity contribution in [3.8, 4) is 0 Å². The lowest BCUT2D eigenvalue weighted by molar-refractivity contribution is -0.125. The highest BCUT2D eigenvalue weighted by molar-refractivity contribution is 5.79. The fourth-order valence-electron chi connectivity index (χ4n) is 1.97. The van der Waals surface area contributed by atoms with Crippen LogP contribution in [-0.4, -0.2) is 19.0 Å². The molecule has 1 heterocycles. The predicted molar refractivity (Wildman–Crippen MR) is 72.4 cm³/mol. The SMILES string of the molecule is CCNCC(C)C(=O)NC(C)c1cc(C)oc1C. The van der Waals surface area contributed by atoms with Crippen molar-refractivity contribution in [3.05, 3.63) is 23.2 Å². The van der Waals surface area contributed by atoms with Crippen LogP contribution in [0.25, 0.3) is 0 Å². The molecule has 0 fully saturated rings. The van der Waals surface area contributed by atoms with Crippen LogP contribution < -0.4 is 10.6 Å². The molecule has 0 radical (unpaired) electrons. The average Bonchev–Trinajstić information content (AvgIpc) is 2.65. The van der Waals surface area contributed by atoms with Gasteiger partial charge in [-0.1, -0.05) is 13.8 Å². The van der Waals surface area contributed by atoms with Crippen molar-refractivity contribution in [1.29, 1.82) is 0 Å². The number of hydrogen-bond donors (Lipinski definition) is 2. The molecule has 0 saturated carbocycles. The number of hydrogen-bond acceptors (Lipinski definition) is 3. The maximum Gasteiger partial charge on any atom is 0.224 e. The smallest absolute Gasteiger partial charge is 0.224 e. The van der Waals surface area contributed by atoms with E-state index < -0.39 is 0 Å². The van der Waals surface area contributed by atoms with Crippen LogP contribution in [-0.2, 0) is 4.79 Å². The van der Waals surface area contributed by atoms with Crippen LogP contribution in [0.5, 0.6) is 0 Å². The maximum absolute atomic E-state index is 12.0. The highest BCUT2D eigenvalue weighted by Gasteiger charge is 2.18. The summed E-state index contributed by atoms with van der Waals surface area (Å²) in [4.78, 5) is 12.0. The van der Waals surface area contributed by atoms with E-state index in [9.17, 15) is 4.79 Å². The van der Waals surface area contributed by atoms with Gasteiger partial charge >= 0.3 is 0 Å². The number of amides is 1.